The van der Waals surface area contributed by atoms with Crippen LogP contribution in [-0.4, -0.2) is 23.2 Å². The van der Waals surface area contributed by atoms with Crippen LogP contribution in [0.3, 0.4) is 0 Å². The highest BCUT2D eigenvalue weighted by Crippen LogP contribution is 2.29. The SMILES string of the molecule is COc1cc(Nc2nc(C(=O)O)cs2)ccc1Cl. The molecule has 94 valence electrons. The van der Waals surface area contributed by atoms with Crippen molar-refractivity contribution < 1.29 is 14.6 Å². The van der Waals surface area contributed by atoms with Gasteiger partial charge in [0.15, 0.2) is 10.8 Å². The van der Waals surface area contributed by atoms with Crippen LogP contribution in [0.4, 0.5) is 10.8 Å². The van der Waals surface area contributed by atoms with Crippen molar-refractivity contribution in [2.45, 2.75) is 0 Å². The molecule has 1 aromatic heterocycles. The summed E-state index contributed by atoms with van der Waals surface area (Å²) in [7, 11) is 1.52. The molecular formula is C11H9ClN2O3S. The van der Waals surface area contributed by atoms with E-state index in [9.17, 15) is 4.79 Å². The van der Waals surface area contributed by atoms with E-state index in [-0.39, 0.29) is 5.69 Å². The number of methoxy groups -OCH3 is 1. The lowest BCUT2D eigenvalue weighted by Gasteiger charge is -2.06. The van der Waals surface area contributed by atoms with Crippen LogP contribution in [-0.2, 0) is 0 Å². The Bertz CT molecular complexity index is 585. The van der Waals surface area contributed by atoms with Gasteiger partial charge in [-0.3, -0.25) is 0 Å². The molecular weight excluding hydrogens is 276 g/mol. The van der Waals surface area contributed by atoms with Crippen molar-refractivity contribution in [1.29, 1.82) is 0 Å². The van der Waals surface area contributed by atoms with Gasteiger partial charge in [0.2, 0.25) is 0 Å². The van der Waals surface area contributed by atoms with Gasteiger partial charge >= 0.3 is 5.97 Å². The molecule has 18 heavy (non-hydrogen) atoms. The fourth-order valence-corrected chi connectivity index (χ4v) is 2.19. The van der Waals surface area contributed by atoms with Gasteiger partial charge < -0.3 is 15.2 Å². The summed E-state index contributed by atoms with van der Waals surface area (Å²) in [4.78, 5) is 14.6. The molecule has 2 aromatic rings. The molecule has 1 heterocycles. The van der Waals surface area contributed by atoms with E-state index in [1.54, 1.807) is 18.2 Å². The predicted molar refractivity (Wildman–Crippen MR) is 70.4 cm³/mol. The maximum Gasteiger partial charge on any atom is 0.355 e. The van der Waals surface area contributed by atoms with Crippen LogP contribution in [0.1, 0.15) is 10.5 Å². The average molecular weight is 285 g/mol. The largest absolute Gasteiger partial charge is 0.495 e. The molecule has 1 aromatic carbocycles. The van der Waals surface area contributed by atoms with E-state index in [1.165, 1.54) is 23.8 Å². The van der Waals surface area contributed by atoms with E-state index in [4.69, 9.17) is 21.4 Å². The number of anilines is 2. The highest BCUT2D eigenvalue weighted by atomic mass is 35.5. The van der Waals surface area contributed by atoms with Crippen LogP contribution < -0.4 is 10.1 Å². The lowest BCUT2D eigenvalue weighted by molar-refractivity contribution is 0.0691. The number of hydrogen-bond donors (Lipinski definition) is 2. The number of hydrogen-bond acceptors (Lipinski definition) is 5. The molecule has 0 saturated heterocycles. The summed E-state index contributed by atoms with van der Waals surface area (Å²) in [5, 5.41) is 14.2. The molecule has 0 saturated carbocycles. The summed E-state index contributed by atoms with van der Waals surface area (Å²) < 4.78 is 5.08. The molecule has 2 rings (SSSR count). The number of aromatic nitrogens is 1. The van der Waals surface area contributed by atoms with E-state index in [2.05, 4.69) is 10.3 Å². The van der Waals surface area contributed by atoms with Gasteiger partial charge in [-0.25, -0.2) is 9.78 Å². The molecule has 0 unspecified atom stereocenters. The van der Waals surface area contributed by atoms with Gasteiger partial charge in [-0.2, -0.15) is 0 Å². The quantitative estimate of drug-likeness (QED) is 0.902. The summed E-state index contributed by atoms with van der Waals surface area (Å²) in [6, 6.07) is 5.16. The Balaban J connectivity index is 2.20. The molecule has 2 N–H and O–H groups in total. The van der Waals surface area contributed by atoms with Crippen molar-refractivity contribution in [3.63, 3.8) is 0 Å². The number of benzene rings is 1. The number of thiazole rings is 1. The molecule has 0 aliphatic heterocycles. The number of carboxylic acid groups (broad SMARTS) is 1. The van der Waals surface area contributed by atoms with Gasteiger partial charge in [-0.05, 0) is 12.1 Å². The molecule has 7 heteroatoms. The van der Waals surface area contributed by atoms with Crippen LogP contribution in [0.15, 0.2) is 23.6 Å². The number of aromatic carboxylic acids is 1. The second-order valence-corrected chi connectivity index (χ2v) is 4.58. The minimum absolute atomic E-state index is 0.0171. The Morgan fingerprint density at radius 2 is 2.33 bits per heavy atom. The maximum atomic E-state index is 10.7. The van der Waals surface area contributed by atoms with Crippen LogP contribution in [0.5, 0.6) is 5.75 Å². The second kappa shape index (κ2) is 5.24. The number of rotatable bonds is 4. The summed E-state index contributed by atoms with van der Waals surface area (Å²) in [5.41, 5.74) is 0.742. The number of nitrogens with zero attached hydrogens (tertiary/aromatic N) is 1. The summed E-state index contributed by atoms with van der Waals surface area (Å²) in [6.07, 6.45) is 0. The first-order valence-electron chi connectivity index (χ1n) is 4.89. The van der Waals surface area contributed by atoms with Crippen molar-refractivity contribution in [3.05, 3.63) is 34.3 Å². The topological polar surface area (TPSA) is 71.5 Å². The first kappa shape index (κ1) is 12.7. The van der Waals surface area contributed by atoms with Gasteiger partial charge in [-0.15, -0.1) is 11.3 Å². The standard InChI is InChI=1S/C11H9ClN2O3S/c1-17-9-4-6(2-3-7(9)12)13-11-14-8(5-18-11)10(15)16/h2-5H,1H3,(H,13,14)(H,15,16). The van der Waals surface area contributed by atoms with Gasteiger partial charge in [0, 0.05) is 17.1 Å². The smallest absolute Gasteiger partial charge is 0.355 e. The Hall–Kier alpha value is -1.79. The second-order valence-electron chi connectivity index (χ2n) is 3.32. The number of carbonyl (C=O) groups is 1. The van der Waals surface area contributed by atoms with Crippen molar-refractivity contribution >= 4 is 39.7 Å². The Morgan fingerprint density at radius 1 is 1.56 bits per heavy atom. The first-order chi connectivity index (χ1) is 8.60. The highest BCUT2D eigenvalue weighted by Gasteiger charge is 2.09. The van der Waals surface area contributed by atoms with Crippen LogP contribution in [0.25, 0.3) is 0 Å². The number of halogens is 1. The third-order valence-corrected chi connectivity index (χ3v) is 3.20. The zero-order chi connectivity index (χ0) is 13.1. The van der Waals surface area contributed by atoms with Gasteiger partial charge in [0.25, 0.3) is 0 Å². The summed E-state index contributed by atoms with van der Waals surface area (Å²) in [6.45, 7) is 0. The van der Waals surface area contributed by atoms with Gasteiger partial charge in [0.05, 0.1) is 12.1 Å². The molecule has 0 aliphatic rings. The Labute approximate surface area is 112 Å². The van der Waals surface area contributed by atoms with Crippen molar-refractivity contribution in [2.24, 2.45) is 0 Å². The molecule has 0 radical (unpaired) electrons. The Morgan fingerprint density at radius 3 is 2.94 bits per heavy atom. The van der Waals surface area contributed by atoms with E-state index in [0.29, 0.717) is 15.9 Å². The molecule has 0 spiro atoms. The summed E-state index contributed by atoms with van der Waals surface area (Å²) in [5.74, 6) is -0.510. The fourth-order valence-electron chi connectivity index (χ4n) is 1.29. The third kappa shape index (κ3) is 2.72. The minimum atomic E-state index is -1.05. The highest BCUT2D eigenvalue weighted by molar-refractivity contribution is 7.14. The molecule has 0 atom stereocenters. The van der Waals surface area contributed by atoms with E-state index in [0.717, 1.165) is 5.69 Å². The third-order valence-electron chi connectivity index (χ3n) is 2.13. The van der Waals surface area contributed by atoms with E-state index < -0.39 is 5.97 Å². The molecule has 0 bridgehead atoms. The number of nitrogens with one attached hydrogen (secondary N) is 1. The zero-order valence-corrected chi connectivity index (χ0v) is 10.9. The normalized spacial score (nSPS) is 10.1. The maximum absolute atomic E-state index is 10.7. The molecule has 5 nitrogen and oxygen atoms in total. The van der Waals surface area contributed by atoms with Gasteiger partial charge in [-0.1, -0.05) is 11.6 Å². The van der Waals surface area contributed by atoms with Crippen molar-refractivity contribution in [1.82, 2.24) is 4.98 Å². The van der Waals surface area contributed by atoms with Crippen molar-refractivity contribution in [3.8, 4) is 5.75 Å². The predicted octanol–water partition coefficient (Wildman–Crippen LogP) is 3.25. The fraction of sp³-hybridized carbons (Fsp3) is 0.0909. The molecule has 0 fully saturated rings. The van der Waals surface area contributed by atoms with Crippen LogP contribution >= 0.6 is 22.9 Å². The number of carboxylic acids is 1. The van der Waals surface area contributed by atoms with Crippen molar-refractivity contribution in [2.75, 3.05) is 12.4 Å². The molecule has 0 aliphatic carbocycles. The van der Waals surface area contributed by atoms with E-state index in [1.807, 2.05) is 0 Å². The lowest BCUT2D eigenvalue weighted by Crippen LogP contribution is -1.97. The Kier molecular flexibility index (Phi) is 3.69. The van der Waals surface area contributed by atoms with Gasteiger partial charge in [0.1, 0.15) is 5.75 Å². The minimum Gasteiger partial charge on any atom is -0.495 e. The van der Waals surface area contributed by atoms with Crippen LogP contribution in [0, 0.1) is 0 Å². The lowest BCUT2D eigenvalue weighted by atomic mass is 10.3. The zero-order valence-electron chi connectivity index (χ0n) is 9.31. The number of ether oxygens (including phenoxy) is 1. The average Bonchev–Trinajstić information content (AvgIpc) is 2.80. The van der Waals surface area contributed by atoms with E-state index >= 15 is 0 Å². The first-order valence-corrected chi connectivity index (χ1v) is 6.15. The monoisotopic (exact) mass is 284 g/mol. The van der Waals surface area contributed by atoms with Crippen LogP contribution in [0.2, 0.25) is 5.02 Å². The molecule has 0 amide bonds. The summed E-state index contributed by atoms with van der Waals surface area (Å²) >= 11 is 7.11.